The number of aliphatic hydroxyl groups excluding tert-OH is 2. The lowest BCUT2D eigenvalue weighted by Crippen LogP contribution is -2.17. The van der Waals surface area contributed by atoms with Crippen molar-refractivity contribution < 1.29 is 14.9 Å². The lowest BCUT2D eigenvalue weighted by Gasteiger charge is -2.12. The first-order valence-electron chi connectivity index (χ1n) is 6.17. The topological polar surface area (TPSA) is 49.7 Å². The molecular formula is C14H14Cl2O3S2. The van der Waals surface area contributed by atoms with Crippen LogP contribution in [0.15, 0.2) is 11.6 Å². The van der Waals surface area contributed by atoms with Crippen LogP contribution in [0.1, 0.15) is 18.1 Å². The van der Waals surface area contributed by atoms with Crippen LogP contribution in [0.2, 0.25) is 10.0 Å². The number of fused-ring (bicyclic) bond motifs is 1. The van der Waals surface area contributed by atoms with Crippen molar-refractivity contribution in [3.05, 3.63) is 32.8 Å². The van der Waals surface area contributed by atoms with Gasteiger partial charge in [0.05, 0.1) is 15.8 Å². The van der Waals surface area contributed by atoms with Crippen molar-refractivity contribution >= 4 is 57.1 Å². The first-order valence-corrected chi connectivity index (χ1v) is 8.56. The van der Waals surface area contributed by atoms with E-state index in [0.29, 0.717) is 27.5 Å². The molecule has 1 heterocycles. The fraction of sp³-hybridized carbons (Fsp3) is 0.357. The summed E-state index contributed by atoms with van der Waals surface area (Å²) < 4.78 is 6.13. The number of rotatable bonds is 3. The van der Waals surface area contributed by atoms with Crippen LogP contribution in [-0.4, -0.2) is 33.4 Å². The summed E-state index contributed by atoms with van der Waals surface area (Å²) in [6.07, 6.45) is 2.04. The maximum Gasteiger partial charge on any atom is 0.143 e. The molecule has 0 aromatic heterocycles. The highest BCUT2D eigenvalue weighted by Crippen LogP contribution is 2.44. The molecule has 0 saturated carbocycles. The van der Waals surface area contributed by atoms with E-state index in [1.165, 1.54) is 11.8 Å². The Labute approximate surface area is 142 Å². The van der Waals surface area contributed by atoms with Crippen LogP contribution in [0, 0.1) is 0 Å². The Morgan fingerprint density at radius 3 is 2.71 bits per heavy atom. The SMILES string of the molecule is CSC(=S)C(C)=C(O)c1cc2c(c(Cl)c1Cl)OC(CO)C2. The van der Waals surface area contributed by atoms with Crippen molar-refractivity contribution in [1.82, 2.24) is 0 Å². The molecule has 0 aliphatic carbocycles. The Morgan fingerprint density at radius 2 is 2.14 bits per heavy atom. The standard InChI is InChI=1S/C14H14Cl2O3S2/c1-6(14(20)21-2)12(18)9-4-7-3-8(5-17)19-13(7)11(16)10(9)15/h4,8,17-18H,3,5H2,1-2H3. The normalized spacial score (nSPS) is 18.0. The molecule has 7 heteroatoms. The third-order valence-electron chi connectivity index (χ3n) is 3.28. The molecule has 0 spiro atoms. The Bertz CT molecular complexity index is 629. The second-order valence-electron chi connectivity index (χ2n) is 4.63. The van der Waals surface area contributed by atoms with Gasteiger partial charge in [-0.05, 0) is 19.2 Å². The van der Waals surface area contributed by atoms with Gasteiger partial charge in [0.15, 0.2) is 0 Å². The van der Waals surface area contributed by atoms with Gasteiger partial charge in [0.1, 0.15) is 22.6 Å². The molecule has 0 fully saturated rings. The van der Waals surface area contributed by atoms with Crippen LogP contribution in [0.25, 0.3) is 5.76 Å². The fourth-order valence-corrected chi connectivity index (χ4v) is 3.12. The third-order valence-corrected chi connectivity index (χ3v) is 5.61. The fourth-order valence-electron chi connectivity index (χ4n) is 2.12. The van der Waals surface area contributed by atoms with Crippen LogP contribution in [0.4, 0.5) is 0 Å². The molecule has 1 aliphatic rings. The quantitative estimate of drug-likeness (QED) is 0.476. The summed E-state index contributed by atoms with van der Waals surface area (Å²) in [4.78, 5) is 0. The van der Waals surface area contributed by atoms with Crippen LogP contribution in [-0.2, 0) is 6.42 Å². The van der Waals surface area contributed by atoms with Gasteiger partial charge in [0.2, 0.25) is 0 Å². The van der Waals surface area contributed by atoms with Gasteiger partial charge in [-0.2, -0.15) is 0 Å². The monoisotopic (exact) mass is 364 g/mol. The van der Waals surface area contributed by atoms with Crippen LogP contribution < -0.4 is 4.74 Å². The van der Waals surface area contributed by atoms with E-state index in [0.717, 1.165) is 5.56 Å². The number of ether oxygens (including phenoxy) is 1. The molecule has 2 N–H and O–H groups in total. The highest BCUT2D eigenvalue weighted by Gasteiger charge is 2.28. The number of aliphatic hydroxyl groups is 2. The minimum Gasteiger partial charge on any atom is -0.507 e. The first kappa shape index (κ1) is 16.9. The zero-order valence-corrected chi connectivity index (χ0v) is 14.6. The van der Waals surface area contributed by atoms with E-state index >= 15 is 0 Å². The molecule has 1 unspecified atom stereocenters. The van der Waals surface area contributed by atoms with Gasteiger partial charge in [-0.25, -0.2) is 0 Å². The number of benzene rings is 1. The second-order valence-corrected chi connectivity index (χ2v) is 6.87. The van der Waals surface area contributed by atoms with Gasteiger partial charge in [0.25, 0.3) is 0 Å². The van der Waals surface area contributed by atoms with Crippen LogP contribution in [0.5, 0.6) is 5.75 Å². The third kappa shape index (κ3) is 3.17. The average Bonchev–Trinajstić information content (AvgIpc) is 2.92. The molecule has 3 nitrogen and oxygen atoms in total. The lowest BCUT2D eigenvalue weighted by atomic mass is 10.0. The van der Waals surface area contributed by atoms with Gasteiger partial charge < -0.3 is 14.9 Å². The molecule has 0 radical (unpaired) electrons. The van der Waals surface area contributed by atoms with Gasteiger partial charge in [0, 0.05) is 23.1 Å². The van der Waals surface area contributed by atoms with Gasteiger partial charge in [-0.1, -0.05) is 35.4 Å². The molecule has 21 heavy (non-hydrogen) atoms. The Hall–Kier alpha value is -0.460. The minimum absolute atomic E-state index is 0.0106. The van der Waals surface area contributed by atoms with E-state index in [2.05, 4.69) is 0 Å². The van der Waals surface area contributed by atoms with E-state index < -0.39 is 0 Å². The van der Waals surface area contributed by atoms with Gasteiger partial charge in [-0.3, -0.25) is 0 Å². The zero-order chi connectivity index (χ0) is 15.7. The molecule has 0 saturated heterocycles. The number of hydrogen-bond donors (Lipinski definition) is 2. The smallest absolute Gasteiger partial charge is 0.143 e. The van der Waals surface area contributed by atoms with Crippen molar-refractivity contribution in [3.8, 4) is 5.75 Å². The Balaban J connectivity index is 2.54. The largest absolute Gasteiger partial charge is 0.507 e. The molecule has 114 valence electrons. The molecule has 0 amide bonds. The Kier molecular flexibility index (Phi) is 5.43. The average molecular weight is 365 g/mol. The molecular weight excluding hydrogens is 351 g/mol. The van der Waals surface area contributed by atoms with Gasteiger partial charge in [-0.15, -0.1) is 11.8 Å². The molecule has 1 aliphatic heterocycles. The second kappa shape index (κ2) is 6.75. The minimum atomic E-state index is -0.330. The summed E-state index contributed by atoms with van der Waals surface area (Å²) in [5.41, 5.74) is 1.82. The first-order chi connectivity index (χ1) is 9.90. The number of halogens is 2. The summed E-state index contributed by atoms with van der Waals surface area (Å²) in [5, 5.41) is 20.0. The van der Waals surface area contributed by atoms with Crippen LogP contribution >= 0.6 is 47.2 Å². The predicted molar refractivity (Wildman–Crippen MR) is 93.0 cm³/mol. The molecule has 1 atom stereocenters. The summed E-state index contributed by atoms with van der Waals surface area (Å²) >= 11 is 19.0. The van der Waals surface area contributed by atoms with E-state index in [1.807, 2.05) is 6.26 Å². The summed E-state index contributed by atoms with van der Waals surface area (Å²) in [5.74, 6) is 0.485. The number of hydrogen-bond acceptors (Lipinski definition) is 5. The Morgan fingerprint density at radius 1 is 1.48 bits per heavy atom. The van der Waals surface area contributed by atoms with Crippen molar-refractivity contribution in [2.75, 3.05) is 12.9 Å². The van der Waals surface area contributed by atoms with Crippen molar-refractivity contribution in [1.29, 1.82) is 0 Å². The maximum absolute atomic E-state index is 10.4. The van der Waals surface area contributed by atoms with Crippen molar-refractivity contribution in [3.63, 3.8) is 0 Å². The molecule has 2 rings (SSSR count). The van der Waals surface area contributed by atoms with Gasteiger partial charge >= 0.3 is 0 Å². The van der Waals surface area contributed by atoms with E-state index in [9.17, 15) is 10.2 Å². The molecule has 0 bridgehead atoms. The van der Waals surface area contributed by atoms with Crippen molar-refractivity contribution in [2.45, 2.75) is 19.4 Å². The highest BCUT2D eigenvalue weighted by molar-refractivity contribution is 8.23. The predicted octanol–water partition coefficient (Wildman–Crippen LogP) is 4.27. The maximum atomic E-state index is 10.4. The number of thioether (sulfide) groups is 1. The highest BCUT2D eigenvalue weighted by atomic mass is 35.5. The number of thiocarbonyl (C=S) groups is 1. The molecule has 1 aromatic carbocycles. The summed E-state index contributed by atoms with van der Waals surface area (Å²) in [6, 6.07) is 1.74. The van der Waals surface area contributed by atoms with E-state index in [1.54, 1.807) is 13.0 Å². The molecule has 1 aromatic rings. The van der Waals surface area contributed by atoms with E-state index in [4.69, 9.17) is 40.2 Å². The lowest BCUT2D eigenvalue weighted by molar-refractivity contribution is 0.134. The van der Waals surface area contributed by atoms with Crippen LogP contribution in [0.3, 0.4) is 0 Å². The summed E-state index contributed by atoms with van der Waals surface area (Å²) in [7, 11) is 0. The van der Waals surface area contributed by atoms with E-state index in [-0.39, 0.29) is 28.5 Å². The summed E-state index contributed by atoms with van der Waals surface area (Å²) in [6.45, 7) is 1.63. The van der Waals surface area contributed by atoms with Crippen molar-refractivity contribution in [2.24, 2.45) is 0 Å². The zero-order valence-electron chi connectivity index (χ0n) is 11.4.